The van der Waals surface area contributed by atoms with Gasteiger partial charge in [0, 0.05) is 18.1 Å². The van der Waals surface area contributed by atoms with Gasteiger partial charge in [-0.05, 0) is 18.6 Å². The summed E-state index contributed by atoms with van der Waals surface area (Å²) in [7, 11) is 0. The number of anilines is 1. The molecule has 1 unspecified atom stereocenters. The van der Waals surface area contributed by atoms with E-state index in [9.17, 15) is 4.79 Å². The average molecular weight is 215 g/mol. The van der Waals surface area contributed by atoms with E-state index in [-0.39, 0.29) is 5.91 Å². The summed E-state index contributed by atoms with van der Waals surface area (Å²) in [4.78, 5) is 11.7. The van der Waals surface area contributed by atoms with Crippen molar-refractivity contribution in [2.45, 2.75) is 20.3 Å². The van der Waals surface area contributed by atoms with Crippen LogP contribution in [0.2, 0.25) is 0 Å². The van der Waals surface area contributed by atoms with Gasteiger partial charge in [0.1, 0.15) is 0 Å². The number of amides is 1. The normalized spacial score (nSPS) is 14.8. The molecule has 6 nitrogen and oxygen atoms in total. The largest absolute Gasteiger partial charge is 0.329 e. The molecule has 1 aromatic rings. The van der Waals surface area contributed by atoms with Crippen molar-refractivity contribution in [3.05, 3.63) is 0 Å². The molecule has 0 fully saturated rings. The van der Waals surface area contributed by atoms with E-state index in [4.69, 9.17) is 5.73 Å². The smallest absolute Gasteiger partial charge is 0.233 e. The molecule has 1 amide bonds. The minimum absolute atomic E-state index is 0.138. The molecule has 3 N–H and O–H groups in total. The first-order valence-electron chi connectivity index (χ1n) is 4.29. The fourth-order valence-corrected chi connectivity index (χ4v) is 1.19. The Morgan fingerprint density at radius 3 is 2.86 bits per heavy atom. The summed E-state index contributed by atoms with van der Waals surface area (Å²) in [6, 6.07) is 0. The van der Waals surface area contributed by atoms with Crippen LogP contribution in [0.4, 0.5) is 5.13 Å². The third kappa shape index (κ3) is 2.24. The predicted octanol–water partition coefficient (Wildman–Crippen LogP) is 0.247. The van der Waals surface area contributed by atoms with Crippen molar-refractivity contribution < 1.29 is 4.79 Å². The van der Waals surface area contributed by atoms with Gasteiger partial charge >= 0.3 is 0 Å². The van der Waals surface area contributed by atoms with Gasteiger partial charge in [-0.2, -0.15) is 0 Å². The van der Waals surface area contributed by atoms with E-state index in [0.29, 0.717) is 18.1 Å². The number of hydrogen-bond donors (Lipinski definition) is 2. The van der Waals surface area contributed by atoms with E-state index in [1.54, 1.807) is 0 Å². The first-order valence-corrected chi connectivity index (χ1v) is 5.06. The Kier molecular flexibility index (Phi) is 3.48. The molecular formula is C7H13N5OS. The van der Waals surface area contributed by atoms with Crippen LogP contribution < -0.4 is 11.1 Å². The highest BCUT2D eigenvalue weighted by Gasteiger charge is 2.30. The van der Waals surface area contributed by atoms with Crippen LogP contribution in [0.5, 0.6) is 0 Å². The Balaban J connectivity index is 2.66. The number of hydrogen-bond acceptors (Lipinski definition) is 6. The number of rotatable bonds is 4. The molecule has 0 saturated heterocycles. The molecule has 1 aromatic heterocycles. The van der Waals surface area contributed by atoms with Gasteiger partial charge < -0.3 is 5.73 Å². The van der Waals surface area contributed by atoms with Gasteiger partial charge in [-0.15, -0.1) is 0 Å². The summed E-state index contributed by atoms with van der Waals surface area (Å²) < 4.78 is 3.54. The molecule has 0 spiro atoms. The maximum absolute atomic E-state index is 11.7. The molecule has 0 radical (unpaired) electrons. The molecule has 0 saturated carbocycles. The maximum atomic E-state index is 11.7. The van der Waals surface area contributed by atoms with E-state index in [0.717, 1.165) is 11.5 Å². The molecule has 0 aromatic carbocycles. The first kappa shape index (κ1) is 11.0. The van der Waals surface area contributed by atoms with E-state index in [1.165, 1.54) is 0 Å². The van der Waals surface area contributed by atoms with E-state index in [1.807, 2.05) is 13.8 Å². The highest BCUT2D eigenvalue weighted by molar-refractivity contribution is 7.09. The fraction of sp³-hybridized carbons (Fsp3) is 0.714. The number of nitrogens with one attached hydrogen (secondary N) is 1. The van der Waals surface area contributed by atoms with Crippen LogP contribution in [0.3, 0.4) is 0 Å². The number of aromatic nitrogens is 3. The molecule has 7 heteroatoms. The van der Waals surface area contributed by atoms with Gasteiger partial charge in [0.25, 0.3) is 0 Å². The van der Waals surface area contributed by atoms with Crippen LogP contribution in [0, 0.1) is 5.41 Å². The number of nitrogens with zero attached hydrogens (tertiary/aromatic N) is 3. The number of carbonyl (C=O) groups excluding carboxylic acids is 1. The van der Waals surface area contributed by atoms with Crippen molar-refractivity contribution >= 4 is 22.6 Å². The zero-order valence-electron chi connectivity index (χ0n) is 8.15. The molecule has 0 bridgehead atoms. The molecular weight excluding hydrogens is 202 g/mol. The molecule has 0 aliphatic rings. The van der Waals surface area contributed by atoms with Crippen LogP contribution in [-0.4, -0.2) is 27.3 Å². The topological polar surface area (TPSA) is 93.8 Å². The van der Waals surface area contributed by atoms with Gasteiger partial charge in [-0.1, -0.05) is 16.5 Å². The highest BCUT2D eigenvalue weighted by Crippen LogP contribution is 2.21. The predicted molar refractivity (Wildman–Crippen MR) is 53.8 cm³/mol. The van der Waals surface area contributed by atoms with Crippen molar-refractivity contribution in [3.8, 4) is 0 Å². The van der Waals surface area contributed by atoms with Gasteiger partial charge in [0.2, 0.25) is 11.0 Å². The van der Waals surface area contributed by atoms with Crippen LogP contribution in [0.15, 0.2) is 0 Å². The lowest BCUT2D eigenvalue weighted by Gasteiger charge is -2.23. The van der Waals surface area contributed by atoms with Crippen LogP contribution >= 0.6 is 11.5 Å². The molecule has 1 heterocycles. The molecule has 0 aliphatic carbocycles. The zero-order chi connectivity index (χ0) is 10.6. The summed E-state index contributed by atoms with van der Waals surface area (Å²) in [5.41, 5.74) is 4.99. The van der Waals surface area contributed by atoms with Crippen molar-refractivity contribution in [1.82, 2.24) is 14.8 Å². The maximum Gasteiger partial charge on any atom is 0.233 e. The third-order valence-electron chi connectivity index (χ3n) is 2.30. The lowest BCUT2D eigenvalue weighted by Crippen LogP contribution is -2.39. The van der Waals surface area contributed by atoms with Gasteiger partial charge in [0.15, 0.2) is 0 Å². The third-order valence-corrected chi connectivity index (χ3v) is 2.81. The van der Waals surface area contributed by atoms with Gasteiger partial charge in [-0.3, -0.25) is 10.1 Å². The molecule has 0 aliphatic heterocycles. The summed E-state index contributed by atoms with van der Waals surface area (Å²) >= 11 is 1.04. The molecule has 1 atom stereocenters. The number of nitrogens with two attached hydrogens (primary N) is 1. The monoisotopic (exact) mass is 215 g/mol. The quantitative estimate of drug-likeness (QED) is 0.750. The summed E-state index contributed by atoms with van der Waals surface area (Å²) in [5, 5.41) is 10.0. The van der Waals surface area contributed by atoms with Gasteiger partial charge in [-0.25, -0.2) is 0 Å². The Morgan fingerprint density at radius 1 is 1.71 bits per heavy atom. The molecule has 14 heavy (non-hydrogen) atoms. The van der Waals surface area contributed by atoms with Gasteiger partial charge in [0.05, 0.1) is 5.41 Å². The van der Waals surface area contributed by atoms with Crippen LogP contribution in [0.1, 0.15) is 20.3 Å². The average Bonchev–Trinajstić information content (AvgIpc) is 2.69. The van der Waals surface area contributed by atoms with Crippen LogP contribution in [0.25, 0.3) is 0 Å². The highest BCUT2D eigenvalue weighted by atomic mass is 32.1. The van der Waals surface area contributed by atoms with Crippen molar-refractivity contribution in [3.63, 3.8) is 0 Å². The van der Waals surface area contributed by atoms with Crippen molar-refractivity contribution in [2.75, 3.05) is 11.9 Å². The minimum Gasteiger partial charge on any atom is -0.329 e. The van der Waals surface area contributed by atoms with E-state index < -0.39 is 5.41 Å². The molecule has 78 valence electrons. The Labute approximate surface area is 86.0 Å². The fourth-order valence-electron chi connectivity index (χ4n) is 0.827. The second-order valence-corrected chi connectivity index (χ2v) is 3.97. The Morgan fingerprint density at radius 2 is 2.43 bits per heavy atom. The van der Waals surface area contributed by atoms with E-state index in [2.05, 4.69) is 20.1 Å². The van der Waals surface area contributed by atoms with Crippen molar-refractivity contribution in [2.24, 2.45) is 11.1 Å². The Bertz CT molecular complexity index is 295. The second-order valence-electron chi connectivity index (χ2n) is 3.24. The SMILES string of the molecule is CCC(C)(CN)C(=O)Nc1nnns1. The molecule has 1 rings (SSSR count). The van der Waals surface area contributed by atoms with Crippen molar-refractivity contribution in [1.29, 1.82) is 0 Å². The number of carbonyl (C=O) groups is 1. The standard InChI is InChI=1S/C7H13N5OS/c1-3-7(2,4-8)5(13)9-6-10-11-12-14-6/h3-4,8H2,1-2H3,(H,9,10,12,13). The van der Waals surface area contributed by atoms with Crippen LogP contribution in [-0.2, 0) is 4.79 Å². The lowest BCUT2D eigenvalue weighted by molar-refractivity contribution is -0.124. The zero-order valence-corrected chi connectivity index (χ0v) is 8.97. The Hall–Kier alpha value is -1.08. The summed E-state index contributed by atoms with van der Waals surface area (Å²) in [5.74, 6) is -0.138. The second kappa shape index (κ2) is 4.43. The summed E-state index contributed by atoms with van der Waals surface area (Å²) in [6.45, 7) is 4.04. The summed E-state index contributed by atoms with van der Waals surface area (Å²) in [6.07, 6.45) is 0.682. The first-order chi connectivity index (χ1) is 6.62. The lowest BCUT2D eigenvalue weighted by atomic mass is 9.87. The minimum atomic E-state index is -0.550. The van der Waals surface area contributed by atoms with E-state index >= 15 is 0 Å².